The number of hydrogen-bond acceptors (Lipinski definition) is 3. The summed E-state index contributed by atoms with van der Waals surface area (Å²) in [7, 11) is 0. The van der Waals surface area contributed by atoms with E-state index < -0.39 is 0 Å². The molecule has 0 bridgehead atoms. The standard InChI is InChI=1S/C12H9ClN2O/c13-12-8-14-10-5-4-9(3-1-2-6-16)7-11(10)15-12/h4-5,7-8,16H,2,6H2. The van der Waals surface area contributed by atoms with Crippen LogP contribution in [0, 0.1) is 11.8 Å². The topological polar surface area (TPSA) is 46.0 Å². The molecule has 1 heterocycles. The third-order valence-electron chi connectivity index (χ3n) is 1.98. The van der Waals surface area contributed by atoms with Crippen molar-refractivity contribution in [2.24, 2.45) is 0 Å². The van der Waals surface area contributed by atoms with E-state index in [1.165, 1.54) is 6.20 Å². The summed E-state index contributed by atoms with van der Waals surface area (Å²) in [6, 6.07) is 5.55. The van der Waals surface area contributed by atoms with E-state index in [0.717, 1.165) is 16.6 Å². The molecule has 0 fully saturated rings. The van der Waals surface area contributed by atoms with Crippen LogP contribution in [0.5, 0.6) is 0 Å². The molecule has 0 spiro atoms. The smallest absolute Gasteiger partial charge is 0.148 e. The van der Waals surface area contributed by atoms with Gasteiger partial charge in [0.25, 0.3) is 0 Å². The van der Waals surface area contributed by atoms with Gasteiger partial charge >= 0.3 is 0 Å². The van der Waals surface area contributed by atoms with E-state index in [9.17, 15) is 0 Å². The Morgan fingerprint density at radius 1 is 1.31 bits per heavy atom. The van der Waals surface area contributed by atoms with Gasteiger partial charge in [-0.25, -0.2) is 4.98 Å². The van der Waals surface area contributed by atoms with Gasteiger partial charge in [0.1, 0.15) is 5.15 Å². The van der Waals surface area contributed by atoms with Crippen LogP contribution < -0.4 is 0 Å². The van der Waals surface area contributed by atoms with Gasteiger partial charge in [0.15, 0.2) is 0 Å². The minimum absolute atomic E-state index is 0.0756. The molecule has 16 heavy (non-hydrogen) atoms. The van der Waals surface area contributed by atoms with E-state index in [2.05, 4.69) is 21.8 Å². The lowest BCUT2D eigenvalue weighted by Crippen LogP contribution is -1.85. The summed E-state index contributed by atoms with van der Waals surface area (Å²) in [6.07, 6.45) is 1.99. The van der Waals surface area contributed by atoms with E-state index >= 15 is 0 Å². The molecular formula is C12H9ClN2O. The van der Waals surface area contributed by atoms with Crippen molar-refractivity contribution in [3.63, 3.8) is 0 Å². The Hall–Kier alpha value is -1.63. The molecule has 0 amide bonds. The van der Waals surface area contributed by atoms with Crippen LogP contribution in [0.15, 0.2) is 24.4 Å². The van der Waals surface area contributed by atoms with E-state index in [0.29, 0.717) is 11.6 Å². The number of hydrogen-bond donors (Lipinski definition) is 1. The lowest BCUT2D eigenvalue weighted by atomic mass is 10.2. The SMILES string of the molecule is OCCC#Cc1ccc2ncc(Cl)nc2c1. The number of benzene rings is 1. The molecule has 1 aromatic heterocycles. The third-order valence-corrected chi connectivity index (χ3v) is 2.16. The zero-order chi connectivity index (χ0) is 11.4. The van der Waals surface area contributed by atoms with Gasteiger partial charge in [-0.05, 0) is 18.2 Å². The zero-order valence-corrected chi connectivity index (χ0v) is 9.20. The highest BCUT2D eigenvalue weighted by Gasteiger charge is 1.98. The molecule has 0 saturated heterocycles. The van der Waals surface area contributed by atoms with Crippen molar-refractivity contribution in [3.8, 4) is 11.8 Å². The molecule has 0 atom stereocenters. The molecule has 1 N–H and O–H groups in total. The molecule has 2 rings (SSSR count). The van der Waals surface area contributed by atoms with Crippen LogP contribution in [0.2, 0.25) is 5.15 Å². The number of rotatable bonds is 1. The van der Waals surface area contributed by atoms with E-state index in [4.69, 9.17) is 16.7 Å². The fraction of sp³-hybridized carbons (Fsp3) is 0.167. The molecule has 0 unspecified atom stereocenters. The minimum Gasteiger partial charge on any atom is -0.395 e. The predicted molar refractivity (Wildman–Crippen MR) is 63.1 cm³/mol. The molecule has 0 radical (unpaired) electrons. The van der Waals surface area contributed by atoms with Crippen molar-refractivity contribution >= 4 is 22.6 Å². The first kappa shape index (κ1) is 10.9. The maximum absolute atomic E-state index is 8.61. The summed E-state index contributed by atoms with van der Waals surface area (Å²) in [4.78, 5) is 8.29. The van der Waals surface area contributed by atoms with Gasteiger partial charge in [-0.2, -0.15) is 0 Å². The third kappa shape index (κ3) is 2.48. The predicted octanol–water partition coefficient (Wildman–Crippen LogP) is 2.02. The summed E-state index contributed by atoms with van der Waals surface area (Å²) >= 11 is 5.76. The Bertz CT molecular complexity index is 572. The van der Waals surface area contributed by atoms with Gasteiger partial charge in [0.2, 0.25) is 0 Å². The van der Waals surface area contributed by atoms with Crippen LogP contribution in [-0.2, 0) is 0 Å². The molecule has 1 aromatic carbocycles. The fourth-order valence-corrected chi connectivity index (χ4v) is 1.43. The average molecular weight is 233 g/mol. The summed E-state index contributed by atoms with van der Waals surface area (Å²) in [5.74, 6) is 5.79. The molecular weight excluding hydrogens is 224 g/mol. The average Bonchev–Trinajstić information content (AvgIpc) is 2.29. The van der Waals surface area contributed by atoms with E-state index in [1.807, 2.05) is 18.2 Å². The molecule has 80 valence electrons. The van der Waals surface area contributed by atoms with Crippen LogP contribution in [0.4, 0.5) is 0 Å². The molecule has 4 heteroatoms. The summed E-state index contributed by atoms with van der Waals surface area (Å²) < 4.78 is 0. The quantitative estimate of drug-likeness (QED) is 0.766. The van der Waals surface area contributed by atoms with Crippen molar-refractivity contribution in [3.05, 3.63) is 35.1 Å². The largest absolute Gasteiger partial charge is 0.395 e. The molecule has 3 nitrogen and oxygen atoms in total. The van der Waals surface area contributed by atoms with E-state index in [-0.39, 0.29) is 6.61 Å². The van der Waals surface area contributed by atoms with Gasteiger partial charge in [0, 0.05) is 12.0 Å². The van der Waals surface area contributed by atoms with Crippen molar-refractivity contribution < 1.29 is 5.11 Å². The zero-order valence-electron chi connectivity index (χ0n) is 8.44. The summed E-state index contributed by atoms with van der Waals surface area (Å²) in [5.41, 5.74) is 2.36. The Kier molecular flexibility index (Phi) is 3.35. The number of aromatic nitrogens is 2. The normalized spacial score (nSPS) is 9.88. The highest BCUT2D eigenvalue weighted by atomic mass is 35.5. The Balaban J connectivity index is 2.40. The van der Waals surface area contributed by atoms with Gasteiger partial charge in [-0.3, -0.25) is 4.98 Å². The molecule has 0 aliphatic heterocycles. The lowest BCUT2D eigenvalue weighted by Gasteiger charge is -1.97. The molecule has 0 aliphatic rings. The van der Waals surface area contributed by atoms with Gasteiger partial charge in [-0.1, -0.05) is 23.4 Å². The number of fused-ring (bicyclic) bond motifs is 1. The monoisotopic (exact) mass is 232 g/mol. The maximum atomic E-state index is 8.61. The Morgan fingerprint density at radius 2 is 2.19 bits per heavy atom. The van der Waals surface area contributed by atoms with Crippen LogP contribution >= 0.6 is 11.6 Å². The minimum atomic E-state index is 0.0756. The Labute approximate surface area is 98.1 Å². The van der Waals surface area contributed by atoms with Crippen molar-refractivity contribution in [2.45, 2.75) is 6.42 Å². The van der Waals surface area contributed by atoms with Crippen LogP contribution in [0.25, 0.3) is 11.0 Å². The second-order valence-corrected chi connectivity index (χ2v) is 3.56. The molecule has 0 saturated carbocycles. The van der Waals surface area contributed by atoms with Gasteiger partial charge in [0.05, 0.1) is 23.8 Å². The first-order chi connectivity index (χ1) is 7.79. The first-order valence-corrected chi connectivity index (χ1v) is 5.19. The van der Waals surface area contributed by atoms with Crippen molar-refractivity contribution in [2.75, 3.05) is 6.61 Å². The Morgan fingerprint density at radius 3 is 3.00 bits per heavy atom. The summed E-state index contributed by atoms with van der Waals surface area (Å²) in [5, 5.41) is 8.98. The highest BCUT2D eigenvalue weighted by Crippen LogP contribution is 2.13. The number of nitrogens with zero attached hydrogens (tertiary/aromatic N) is 2. The maximum Gasteiger partial charge on any atom is 0.148 e. The van der Waals surface area contributed by atoms with Crippen molar-refractivity contribution in [1.29, 1.82) is 0 Å². The number of aliphatic hydroxyl groups is 1. The fourth-order valence-electron chi connectivity index (χ4n) is 1.29. The molecule has 0 aliphatic carbocycles. The molecule has 2 aromatic rings. The summed E-state index contributed by atoms with van der Waals surface area (Å²) in [6.45, 7) is 0.0756. The number of halogens is 1. The first-order valence-electron chi connectivity index (χ1n) is 4.81. The van der Waals surface area contributed by atoms with Crippen LogP contribution in [0.3, 0.4) is 0 Å². The van der Waals surface area contributed by atoms with E-state index in [1.54, 1.807) is 0 Å². The van der Waals surface area contributed by atoms with Gasteiger partial charge < -0.3 is 5.11 Å². The lowest BCUT2D eigenvalue weighted by molar-refractivity contribution is 0.305. The van der Waals surface area contributed by atoms with Crippen molar-refractivity contribution in [1.82, 2.24) is 9.97 Å². The van der Waals surface area contributed by atoms with Gasteiger partial charge in [-0.15, -0.1) is 0 Å². The van der Waals surface area contributed by atoms with Crippen LogP contribution in [0.1, 0.15) is 12.0 Å². The highest BCUT2D eigenvalue weighted by molar-refractivity contribution is 6.29. The number of aliphatic hydroxyl groups excluding tert-OH is 1. The second kappa shape index (κ2) is 4.93. The second-order valence-electron chi connectivity index (χ2n) is 3.17. The van der Waals surface area contributed by atoms with Crippen LogP contribution in [-0.4, -0.2) is 21.7 Å².